The molecule has 2 aromatic carbocycles. The highest BCUT2D eigenvalue weighted by molar-refractivity contribution is 7.19. The van der Waals surface area contributed by atoms with Gasteiger partial charge in [0.25, 0.3) is 0 Å². The predicted octanol–water partition coefficient (Wildman–Crippen LogP) is 6.86. The summed E-state index contributed by atoms with van der Waals surface area (Å²) >= 11 is 1.76. The van der Waals surface area contributed by atoms with Gasteiger partial charge in [-0.2, -0.15) is 0 Å². The highest BCUT2D eigenvalue weighted by Crippen LogP contribution is 2.39. The molecule has 1 atom stereocenters. The maximum Gasteiger partial charge on any atom is 0.341 e. The Bertz CT molecular complexity index is 1040. The first kappa shape index (κ1) is 23.1. The van der Waals surface area contributed by atoms with Crippen molar-refractivity contribution < 1.29 is 23.8 Å². The van der Waals surface area contributed by atoms with Gasteiger partial charge >= 0.3 is 5.97 Å². The third-order valence-corrected chi connectivity index (χ3v) is 6.88. The smallest absolute Gasteiger partial charge is 0.341 e. The average Bonchev–Trinajstić information content (AvgIpc) is 3.05. The van der Waals surface area contributed by atoms with Crippen molar-refractivity contribution in [2.45, 2.75) is 52.4 Å². The first-order valence-corrected chi connectivity index (χ1v) is 11.5. The Hall–Kier alpha value is -2.60. The highest BCUT2D eigenvalue weighted by atomic mass is 32.1. The minimum Gasteiger partial charge on any atom is -0.494 e. The fourth-order valence-electron chi connectivity index (χ4n) is 3.79. The molecule has 1 N–H and O–H groups in total. The molecule has 0 aliphatic heterocycles. The molecule has 4 nitrogen and oxygen atoms in total. The lowest BCUT2D eigenvalue weighted by Crippen LogP contribution is -2.10. The lowest BCUT2D eigenvalue weighted by Gasteiger charge is -2.17. The number of carboxylic acid groups (broad SMARTS) is 1. The Kier molecular flexibility index (Phi) is 7.91. The summed E-state index contributed by atoms with van der Waals surface area (Å²) in [5.74, 6) is 0.463. The summed E-state index contributed by atoms with van der Waals surface area (Å²) in [6.07, 6.45) is 4.23. The number of carboxylic acids is 1. The number of benzene rings is 2. The van der Waals surface area contributed by atoms with Crippen LogP contribution < -0.4 is 9.47 Å². The fourth-order valence-corrected chi connectivity index (χ4v) is 5.15. The number of carbonyl (C=O) groups is 1. The van der Waals surface area contributed by atoms with E-state index in [4.69, 9.17) is 14.6 Å². The molecule has 0 radical (unpaired) electrons. The Morgan fingerprint density at radius 3 is 2.65 bits per heavy atom. The van der Waals surface area contributed by atoms with Crippen molar-refractivity contribution in [2.24, 2.45) is 0 Å². The Balaban J connectivity index is 1.68. The van der Waals surface area contributed by atoms with Gasteiger partial charge in [-0.3, -0.25) is 0 Å². The topological polar surface area (TPSA) is 55.8 Å². The van der Waals surface area contributed by atoms with Crippen LogP contribution in [-0.4, -0.2) is 24.3 Å². The van der Waals surface area contributed by atoms with Crippen LogP contribution in [0.2, 0.25) is 0 Å². The van der Waals surface area contributed by atoms with Gasteiger partial charge < -0.3 is 14.6 Å². The number of thiophene rings is 1. The Morgan fingerprint density at radius 1 is 1.13 bits per heavy atom. The quantitative estimate of drug-likeness (QED) is 0.351. The minimum atomic E-state index is -1.00. The molecule has 0 saturated carbocycles. The van der Waals surface area contributed by atoms with Gasteiger partial charge in [0.1, 0.15) is 17.3 Å². The van der Waals surface area contributed by atoms with Crippen LogP contribution in [0.5, 0.6) is 11.5 Å². The van der Waals surface area contributed by atoms with Crippen LogP contribution in [0.4, 0.5) is 4.39 Å². The van der Waals surface area contributed by atoms with Gasteiger partial charge in [0, 0.05) is 9.58 Å². The number of rotatable bonds is 11. The van der Waals surface area contributed by atoms with E-state index >= 15 is 0 Å². The summed E-state index contributed by atoms with van der Waals surface area (Å²) in [6.45, 7) is 6.36. The Morgan fingerprint density at radius 2 is 1.94 bits per heavy atom. The fraction of sp³-hybridized carbons (Fsp3) is 0.400. The van der Waals surface area contributed by atoms with E-state index in [0.29, 0.717) is 18.3 Å². The van der Waals surface area contributed by atoms with Crippen LogP contribution in [0.1, 0.15) is 54.5 Å². The van der Waals surface area contributed by atoms with Crippen LogP contribution in [0.3, 0.4) is 0 Å². The molecule has 1 heterocycles. The van der Waals surface area contributed by atoms with E-state index in [-0.39, 0.29) is 12.4 Å². The molecule has 0 saturated heterocycles. The van der Waals surface area contributed by atoms with Gasteiger partial charge in [0.2, 0.25) is 0 Å². The monoisotopic (exact) mass is 444 g/mol. The molecule has 0 fully saturated rings. The number of fused-ring (bicyclic) bond motifs is 1. The maximum absolute atomic E-state index is 13.7. The van der Waals surface area contributed by atoms with Crippen molar-refractivity contribution in [3.8, 4) is 11.5 Å². The van der Waals surface area contributed by atoms with Gasteiger partial charge in [-0.25, -0.2) is 9.18 Å². The van der Waals surface area contributed by atoms with Crippen LogP contribution in [0.25, 0.3) is 10.1 Å². The Labute approximate surface area is 186 Å². The van der Waals surface area contributed by atoms with Crippen molar-refractivity contribution >= 4 is 27.4 Å². The normalized spacial score (nSPS) is 12.1. The van der Waals surface area contributed by atoms with Crippen molar-refractivity contribution in [1.29, 1.82) is 0 Å². The molecular weight excluding hydrogens is 415 g/mol. The summed E-state index contributed by atoms with van der Waals surface area (Å²) in [7, 11) is 0. The number of aryl methyl sites for hydroxylation is 2. The first-order chi connectivity index (χ1) is 14.9. The molecule has 31 heavy (non-hydrogen) atoms. The SMILES string of the molecule is CCCCC(CCOc1ccc(OCC(=O)O)c(C)c1)c1sc2ccc(F)cc2c1C. The molecule has 0 aliphatic carbocycles. The zero-order chi connectivity index (χ0) is 22.4. The summed E-state index contributed by atoms with van der Waals surface area (Å²) in [4.78, 5) is 12.0. The minimum absolute atomic E-state index is 0.195. The van der Waals surface area contributed by atoms with Crippen molar-refractivity contribution in [3.63, 3.8) is 0 Å². The number of ether oxygens (including phenoxy) is 2. The zero-order valence-corrected chi connectivity index (χ0v) is 19.1. The first-order valence-electron chi connectivity index (χ1n) is 10.7. The van der Waals surface area contributed by atoms with E-state index in [0.717, 1.165) is 47.1 Å². The average molecular weight is 445 g/mol. The maximum atomic E-state index is 13.7. The van der Waals surface area contributed by atoms with Gasteiger partial charge in [-0.05, 0) is 85.5 Å². The van der Waals surface area contributed by atoms with Crippen LogP contribution in [0, 0.1) is 19.7 Å². The van der Waals surface area contributed by atoms with E-state index < -0.39 is 5.97 Å². The second kappa shape index (κ2) is 10.6. The molecule has 0 amide bonds. The molecular formula is C25H29FO4S. The predicted molar refractivity (Wildman–Crippen MR) is 123 cm³/mol. The molecule has 0 spiro atoms. The molecule has 3 rings (SSSR count). The largest absolute Gasteiger partial charge is 0.494 e. The lowest BCUT2D eigenvalue weighted by atomic mass is 9.94. The second-order valence-electron chi connectivity index (χ2n) is 7.82. The lowest BCUT2D eigenvalue weighted by molar-refractivity contribution is -0.139. The summed E-state index contributed by atoms with van der Waals surface area (Å²) in [5, 5.41) is 9.77. The van der Waals surface area contributed by atoms with Gasteiger partial charge in [-0.1, -0.05) is 19.8 Å². The third-order valence-electron chi connectivity index (χ3n) is 5.44. The van der Waals surface area contributed by atoms with Crippen molar-refractivity contribution in [2.75, 3.05) is 13.2 Å². The highest BCUT2D eigenvalue weighted by Gasteiger charge is 2.19. The number of aliphatic carboxylic acids is 1. The van der Waals surface area contributed by atoms with Crippen molar-refractivity contribution in [1.82, 2.24) is 0 Å². The standard InChI is InChI=1S/C25H29FO4S/c1-4-5-6-18(25-17(3)21-14-19(26)7-10-23(21)31-25)11-12-29-20-8-9-22(16(2)13-20)30-15-24(27)28/h7-10,13-14,18H,4-6,11-12,15H2,1-3H3,(H,27,28). The molecule has 0 bridgehead atoms. The number of hydrogen-bond donors (Lipinski definition) is 1. The van der Waals surface area contributed by atoms with E-state index in [9.17, 15) is 9.18 Å². The summed E-state index contributed by atoms with van der Waals surface area (Å²) in [6, 6.07) is 10.4. The zero-order valence-electron chi connectivity index (χ0n) is 18.2. The van der Waals surface area contributed by atoms with Gasteiger partial charge in [0.05, 0.1) is 6.61 Å². The second-order valence-corrected chi connectivity index (χ2v) is 8.90. The molecule has 6 heteroatoms. The van der Waals surface area contributed by atoms with E-state index in [1.54, 1.807) is 29.5 Å². The molecule has 1 unspecified atom stereocenters. The third kappa shape index (κ3) is 5.97. The molecule has 0 aliphatic rings. The van der Waals surface area contributed by atoms with Crippen LogP contribution in [-0.2, 0) is 4.79 Å². The summed E-state index contributed by atoms with van der Waals surface area (Å²) in [5.41, 5.74) is 2.01. The van der Waals surface area contributed by atoms with E-state index in [2.05, 4.69) is 13.8 Å². The van der Waals surface area contributed by atoms with E-state index in [1.807, 2.05) is 19.1 Å². The van der Waals surface area contributed by atoms with Crippen molar-refractivity contribution in [3.05, 3.63) is 58.2 Å². The summed E-state index contributed by atoms with van der Waals surface area (Å²) < 4.78 is 26.1. The van der Waals surface area contributed by atoms with Gasteiger partial charge in [-0.15, -0.1) is 11.3 Å². The number of halogens is 1. The molecule has 3 aromatic rings. The van der Waals surface area contributed by atoms with E-state index in [1.165, 1.54) is 16.5 Å². The van der Waals surface area contributed by atoms with Crippen LogP contribution in [0.15, 0.2) is 36.4 Å². The number of unbranched alkanes of at least 4 members (excludes halogenated alkanes) is 1. The number of hydrogen-bond acceptors (Lipinski definition) is 4. The molecule has 166 valence electrons. The van der Waals surface area contributed by atoms with Gasteiger partial charge in [0.15, 0.2) is 6.61 Å². The molecule has 1 aromatic heterocycles. The van der Waals surface area contributed by atoms with Crippen LogP contribution >= 0.6 is 11.3 Å².